The van der Waals surface area contributed by atoms with Gasteiger partial charge in [-0.2, -0.15) is 0 Å². The maximum atomic E-state index is 5.91. The van der Waals surface area contributed by atoms with Crippen molar-refractivity contribution >= 4 is 15.9 Å². The van der Waals surface area contributed by atoms with E-state index in [1.807, 2.05) is 6.07 Å². The molecular weight excluding hydrogens is 306 g/mol. The molecule has 1 N–H and O–H groups in total. The second-order valence-corrected chi connectivity index (χ2v) is 6.25. The van der Waals surface area contributed by atoms with Crippen molar-refractivity contribution in [1.29, 1.82) is 0 Å². The van der Waals surface area contributed by atoms with Crippen LogP contribution in [0.1, 0.15) is 25.8 Å². The molecule has 0 saturated carbocycles. The third-order valence-corrected chi connectivity index (χ3v) is 3.68. The maximum absolute atomic E-state index is 5.91. The maximum Gasteiger partial charge on any atom is 0.134 e. The van der Waals surface area contributed by atoms with Gasteiger partial charge in [-0.15, -0.1) is 0 Å². The average Bonchev–Trinajstić information content (AvgIpc) is 2.85. The van der Waals surface area contributed by atoms with Gasteiger partial charge in [-0.3, -0.25) is 0 Å². The quantitative estimate of drug-likeness (QED) is 0.869. The zero-order valence-electron chi connectivity index (χ0n) is 11.6. The van der Waals surface area contributed by atoms with Gasteiger partial charge in [-0.25, -0.2) is 0 Å². The van der Waals surface area contributed by atoms with Crippen molar-refractivity contribution in [3.63, 3.8) is 0 Å². The molecule has 0 aromatic heterocycles. The Kier molecular flexibility index (Phi) is 5.67. The van der Waals surface area contributed by atoms with Crippen LogP contribution in [0, 0.1) is 5.92 Å². The van der Waals surface area contributed by atoms with E-state index in [1.54, 1.807) is 0 Å². The summed E-state index contributed by atoms with van der Waals surface area (Å²) in [6, 6.07) is 6.27. The van der Waals surface area contributed by atoms with Crippen LogP contribution in [0.5, 0.6) is 5.75 Å². The summed E-state index contributed by atoms with van der Waals surface area (Å²) in [6.45, 7) is 7.86. The first-order chi connectivity index (χ1) is 9.15. The van der Waals surface area contributed by atoms with Gasteiger partial charge < -0.3 is 14.8 Å². The standard InChI is InChI=1S/C15H22BrNO2/c1-11(2)8-17-9-12-3-4-15(14(16)7-12)19-13-5-6-18-10-13/h3-4,7,11,13,17H,5-6,8-10H2,1-2H3. The van der Waals surface area contributed by atoms with E-state index in [0.29, 0.717) is 12.5 Å². The highest BCUT2D eigenvalue weighted by Crippen LogP contribution is 2.28. The van der Waals surface area contributed by atoms with Crippen molar-refractivity contribution in [3.05, 3.63) is 28.2 Å². The van der Waals surface area contributed by atoms with Crippen molar-refractivity contribution in [1.82, 2.24) is 5.32 Å². The zero-order valence-corrected chi connectivity index (χ0v) is 13.2. The van der Waals surface area contributed by atoms with Gasteiger partial charge in [0.15, 0.2) is 0 Å². The molecule has 3 nitrogen and oxygen atoms in total. The van der Waals surface area contributed by atoms with Crippen molar-refractivity contribution in [2.75, 3.05) is 19.8 Å². The highest BCUT2D eigenvalue weighted by Gasteiger charge is 2.18. The van der Waals surface area contributed by atoms with Crippen LogP contribution >= 0.6 is 15.9 Å². The Morgan fingerprint density at radius 2 is 2.32 bits per heavy atom. The lowest BCUT2D eigenvalue weighted by molar-refractivity contribution is 0.141. The summed E-state index contributed by atoms with van der Waals surface area (Å²) >= 11 is 3.58. The molecule has 2 rings (SSSR count). The average molecular weight is 328 g/mol. The number of hydrogen-bond donors (Lipinski definition) is 1. The fourth-order valence-electron chi connectivity index (χ4n) is 2.04. The second-order valence-electron chi connectivity index (χ2n) is 5.39. The number of benzene rings is 1. The molecule has 0 radical (unpaired) electrons. The Labute approximate surface area is 123 Å². The predicted molar refractivity (Wildman–Crippen MR) is 80.5 cm³/mol. The van der Waals surface area contributed by atoms with Crippen molar-refractivity contribution in [2.24, 2.45) is 5.92 Å². The highest BCUT2D eigenvalue weighted by atomic mass is 79.9. The van der Waals surface area contributed by atoms with Crippen LogP contribution < -0.4 is 10.1 Å². The lowest BCUT2D eigenvalue weighted by Gasteiger charge is -2.14. The van der Waals surface area contributed by atoms with Gasteiger partial charge in [-0.1, -0.05) is 19.9 Å². The molecule has 0 amide bonds. The molecule has 1 aromatic carbocycles. The molecule has 1 heterocycles. The number of rotatable bonds is 6. The molecule has 1 unspecified atom stereocenters. The Hall–Kier alpha value is -0.580. The van der Waals surface area contributed by atoms with E-state index in [2.05, 4.69) is 47.2 Å². The van der Waals surface area contributed by atoms with Gasteiger partial charge in [0.2, 0.25) is 0 Å². The molecule has 1 aromatic rings. The number of halogens is 1. The van der Waals surface area contributed by atoms with E-state index in [4.69, 9.17) is 9.47 Å². The van der Waals surface area contributed by atoms with Crippen molar-refractivity contribution < 1.29 is 9.47 Å². The first-order valence-corrected chi connectivity index (χ1v) is 7.68. The number of ether oxygens (including phenoxy) is 2. The van der Waals surface area contributed by atoms with Gasteiger partial charge >= 0.3 is 0 Å². The summed E-state index contributed by atoms with van der Waals surface area (Å²) in [5, 5.41) is 3.44. The number of nitrogens with one attached hydrogen (secondary N) is 1. The summed E-state index contributed by atoms with van der Waals surface area (Å²) in [6.07, 6.45) is 1.17. The molecule has 19 heavy (non-hydrogen) atoms. The van der Waals surface area contributed by atoms with Gasteiger partial charge in [-0.05, 0) is 46.1 Å². The van der Waals surface area contributed by atoms with Crippen molar-refractivity contribution in [3.8, 4) is 5.75 Å². The molecule has 1 aliphatic heterocycles. The first-order valence-electron chi connectivity index (χ1n) is 6.88. The topological polar surface area (TPSA) is 30.5 Å². The smallest absolute Gasteiger partial charge is 0.134 e. The Morgan fingerprint density at radius 1 is 1.47 bits per heavy atom. The fraction of sp³-hybridized carbons (Fsp3) is 0.600. The summed E-state index contributed by atoms with van der Waals surface area (Å²) in [5.41, 5.74) is 1.27. The minimum Gasteiger partial charge on any atom is -0.487 e. The highest BCUT2D eigenvalue weighted by molar-refractivity contribution is 9.10. The van der Waals surface area contributed by atoms with Crippen LogP contribution in [0.2, 0.25) is 0 Å². The van der Waals surface area contributed by atoms with Gasteiger partial charge in [0.25, 0.3) is 0 Å². The first kappa shape index (κ1) is 14.8. The largest absolute Gasteiger partial charge is 0.487 e. The molecule has 1 saturated heterocycles. The zero-order chi connectivity index (χ0) is 13.7. The van der Waals surface area contributed by atoms with E-state index in [0.717, 1.165) is 36.3 Å². The molecule has 0 aliphatic carbocycles. The van der Waals surface area contributed by atoms with E-state index >= 15 is 0 Å². The van der Waals surface area contributed by atoms with Gasteiger partial charge in [0.05, 0.1) is 17.7 Å². The lowest BCUT2D eigenvalue weighted by Crippen LogP contribution is -2.19. The molecule has 1 atom stereocenters. The SMILES string of the molecule is CC(C)CNCc1ccc(OC2CCOC2)c(Br)c1. The van der Waals surface area contributed by atoms with Gasteiger partial charge in [0, 0.05) is 13.0 Å². The van der Waals surface area contributed by atoms with Crippen LogP contribution in [-0.2, 0) is 11.3 Å². The minimum absolute atomic E-state index is 0.196. The number of hydrogen-bond acceptors (Lipinski definition) is 3. The summed E-state index contributed by atoms with van der Waals surface area (Å²) in [4.78, 5) is 0. The fourth-order valence-corrected chi connectivity index (χ4v) is 2.56. The monoisotopic (exact) mass is 327 g/mol. The second kappa shape index (κ2) is 7.27. The molecule has 1 fully saturated rings. The third kappa shape index (κ3) is 4.79. The molecule has 0 bridgehead atoms. The normalized spacial score (nSPS) is 19.1. The van der Waals surface area contributed by atoms with Crippen LogP contribution in [0.25, 0.3) is 0 Å². The summed E-state index contributed by atoms with van der Waals surface area (Å²) < 4.78 is 12.2. The van der Waals surface area contributed by atoms with E-state index in [1.165, 1.54) is 5.56 Å². The minimum atomic E-state index is 0.196. The van der Waals surface area contributed by atoms with Crippen LogP contribution in [0.3, 0.4) is 0 Å². The summed E-state index contributed by atoms with van der Waals surface area (Å²) in [5.74, 6) is 1.58. The van der Waals surface area contributed by atoms with E-state index in [9.17, 15) is 0 Å². The van der Waals surface area contributed by atoms with E-state index < -0.39 is 0 Å². The van der Waals surface area contributed by atoms with E-state index in [-0.39, 0.29) is 6.10 Å². The third-order valence-electron chi connectivity index (χ3n) is 3.06. The van der Waals surface area contributed by atoms with Crippen LogP contribution in [-0.4, -0.2) is 25.9 Å². The molecule has 1 aliphatic rings. The molecule has 0 spiro atoms. The van der Waals surface area contributed by atoms with Crippen LogP contribution in [0.15, 0.2) is 22.7 Å². The molecule has 106 valence electrons. The Morgan fingerprint density at radius 3 is 2.95 bits per heavy atom. The summed E-state index contributed by atoms with van der Waals surface area (Å²) in [7, 11) is 0. The molecule has 4 heteroatoms. The van der Waals surface area contributed by atoms with Crippen LogP contribution in [0.4, 0.5) is 0 Å². The van der Waals surface area contributed by atoms with Crippen molar-refractivity contribution in [2.45, 2.75) is 32.9 Å². The van der Waals surface area contributed by atoms with Gasteiger partial charge in [0.1, 0.15) is 11.9 Å². The Bertz CT molecular complexity index is 403. The Balaban J connectivity index is 1.88. The predicted octanol–water partition coefficient (Wildman–Crippen LogP) is 3.36. The lowest BCUT2D eigenvalue weighted by atomic mass is 10.2. The molecular formula is C15H22BrNO2.